The second kappa shape index (κ2) is 9.51. The summed E-state index contributed by atoms with van der Waals surface area (Å²) in [6, 6.07) is 7.27. The molecule has 1 fully saturated rings. The molecular weight excluding hydrogens is 431 g/mol. The lowest BCUT2D eigenvalue weighted by atomic mass is 10.0. The number of nitrogens with zero attached hydrogens (tertiary/aromatic N) is 1. The zero-order chi connectivity index (χ0) is 22.6. The predicted molar refractivity (Wildman–Crippen MR) is 110 cm³/mol. The number of hydrogen-bond acceptors (Lipinski definition) is 4. The van der Waals surface area contributed by atoms with Crippen LogP contribution < -0.4 is 10.6 Å². The molecule has 0 saturated carbocycles. The van der Waals surface area contributed by atoms with Crippen molar-refractivity contribution in [1.82, 2.24) is 15.5 Å². The number of alkyl halides is 3. The quantitative estimate of drug-likeness (QED) is 0.676. The van der Waals surface area contributed by atoms with Gasteiger partial charge in [0.25, 0.3) is 5.91 Å². The lowest BCUT2D eigenvalue weighted by Gasteiger charge is -2.26. The number of halogens is 3. The first-order valence-corrected chi connectivity index (χ1v) is 10.5. The third kappa shape index (κ3) is 6.06. The van der Waals surface area contributed by atoms with E-state index in [1.54, 1.807) is 12.1 Å². The third-order valence-electron chi connectivity index (χ3n) is 4.90. The molecule has 3 rings (SSSR count). The van der Waals surface area contributed by atoms with Crippen LogP contribution in [0.15, 0.2) is 36.4 Å². The molecule has 0 spiro atoms. The molecular formula is C21H22F3N3O3S. The van der Waals surface area contributed by atoms with Crippen molar-refractivity contribution in [2.75, 3.05) is 19.6 Å². The first kappa shape index (κ1) is 22.8. The van der Waals surface area contributed by atoms with Crippen molar-refractivity contribution < 1.29 is 27.6 Å². The van der Waals surface area contributed by atoms with E-state index in [2.05, 4.69) is 10.6 Å². The first-order valence-electron chi connectivity index (χ1n) is 9.72. The highest BCUT2D eigenvalue weighted by atomic mass is 32.1. The van der Waals surface area contributed by atoms with Gasteiger partial charge in [0, 0.05) is 24.4 Å². The summed E-state index contributed by atoms with van der Waals surface area (Å²) in [6.07, 6.45) is -3.49. The van der Waals surface area contributed by atoms with Crippen LogP contribution >= 0.6 is 11.3 Å². The number of thiophene rings is 1. The standard InChI is InChI=1S/C21H22F3N3O3S/c1-13-7-8-17(31-13)20(30)25-11-18(28)26-16(12-27-9-3-6-19(27)29)14-4-2-5-15(10-14)21(22,23)24/h2,4-5,7-8,10,16H,3,6,9,11-12H2,1H3,(H,25,30)(H,26,28). The van der Waals surface area contributed by atoms with Crippen molar-refractivity contribution >= 4 is 29.1 Å². The van der Waals surface area contributed by atoms with Gasteiger partial charge >= 0.3 is 6.18 Å². The number of rotatable bonds is 7. The largest absolute Gasteiger partial charge is 0.416 e. The van der Waals surface area contributed by atoms with Gasteiger partial charge in [-0.3, -0.25) is 14.4 Å². The SMILES string of the molecule is Cc1ccc(C(=O)NCC(=O)NC(CN2CCCC2=O)c2cccc(C(F)(F)F)c2)s1. The molecule has 166 valence electrons. The van der Waals surface area contributed by atoms with E-state index in [9.17, 15) is 27.6 Å². The zero-order valence-corrected chi connectivity index (χ0v) is 17.6. The lowest BCUT2D eigenvalue weighted by molar-refractivity contribution is -0.137. The van der Waals surface area contributed by atoms with Gasteiger partial charge in [-0.1, -0.05) is 12.1 Å². The number of carbonyl (C=O) groups excluding carboxylic acids is 3. The molecule has 31 heavy (non-hydrogen) atoms. The summed E-state index contributed by atoms with van der Waals surface area (Å²) < 4.78 is 39.4. The fourth-order valence-corrected chi connectivity index (χ4v) is 4.12. The summed E-state index contributed by atoms with van der Waals surface area (Å²) in [5.74, 6) is -1.07. The summed E-state index contributed by atoms with van der Waals surface area (Å²) in [5.41, 5.74) is -0.596. The van der Waals surface area contributed by atoms with Gasteiger partial charge in [-0.15, -0.1) is 11.3 Å². The highest BCUT2D eigenvalue weighted by Gasteiger charge is 2.32. The molecule has 2 heterocycles. The fourth-order valence-electron chi connectivity index (χ4n) is 3.33. The minimum atomic E-state index is -4.53. The van der Waals surface area contributed by atoms with Gasteiger partial charge in [0.2, 0.25) is 11.8 Å². The number of carbonyl (C=O) groups is 3. The van der Waals surface area contributed by atoms with Crippen LogP contribution in [0.1, 0.15) is 44.6 Å². The van der Waals surface area contributed by atoms with E-state index in [1.165, 1.54) is 28.4 Å². The van der Waals surface area contributed by atoms with Crippen LogP contribution in [0, 0.1) is 6.92 Å². The molecule has 0 aliphatic carbocycles. The first-order chi connectivity index (χ1) is 14.6. The van der Waals surface area contributed by atoms with Gasteiger partial charge in [0.05, 0.1) is 23.0 Å². The highest BCUT2D eigenvalue weighted by Crippen LogP contribution is 2.31. The number of benzene rings is 1. The molecule has 6 nitrogen and oxygen atoms in total. The zero-order valence-electron chi connectivity index (χ0n) is 16.8. The molecule has 3 amide bonds. The van der Waals surface area contributed by atoms with Crippen LogP contribution in [0.5, 0.6) is 0 Å². The van der Waals surface area contributed by atoms with Crippen LogP contribution in [0.3, 0.4) is 0 Å². The van der Waals surface area contributed by atoms with E-state index in [4.69, 9.17) is 0 Å². The third-order valence-corrected chi connectivity index (χ3v) is 5.90. The molecule has 0 bridgehead atoms. The van der Waals surface area contributed by atoms with Crippen LogP contribution in [-0.4, -0.2) is 42.3 Å². The Morgan fingerprint density at radius 3 is 2.61 bits per heavy atom. The Morgan fingerprint density at radius 1 is 1.23 bits per heavy atom. The van der Waals surface area contributed by atoms with Crippen molar-refractivity contribution in [1.29, 1.82) is 0 Å². The number of aryl methyl sites for hydroxylation is 1. The molecule has 1 atom stereocenters. The Morgan fingerprint density at radius 2 is 2.00 bits per heavy atom. The molecule has 0 radical (unpaired) electrons. The number of likely N-dealkylation sites (tertiary alicyclic amines) is 1. The van der Waals surface area contributed by atoms with Gasteiger partial charge in [-0.25, -0.2) is 0 Å². The monoisotopic (exact) mass is 453 g/mol. The van der Waals surface area contributed by atoms with E-state index in [1.807, 2.05) is 6.92 Å². The normalized spacial score (nSPS) is 15.1. The number of amides is 3. The Kier molecular flexibility index (Phi) is 6.99. The summed E-state index contributed by atoms with van der Waals surface area (Å²) in [4.78, 5) is 39.5. The van der Waals surface area contributed by atoms with E-state index >= 15 is 0 Å². The smallest absolute Gasteiger partial charge is 0.346 e. The second-order valence-corrected chi connectivity index (χ2v) is 8.57. The van der Waals surface area contributed by atoms with Crippen LogP contribution in [0.2, 0.25) is 0 Å². The summed E-state index contributed by atoms with van der Waals surface area (Å²) in [6.45, 7) is 2.06. The molecule has 1 unspecified atom stereocenters. The van der Waals surface area contributed by atoms with Crippen molar-refractivity contribution in [2.45, 2.75) is 32.0 Å². The van der Waals surface area contributed by atoms with Crippen LogP contribution in [0.25, 0.3) is 0 Å². The Labute approximate surface area is 181 Å². The van der Waals surface area contributed by atoms with Gasteiger partial charge < -0.3 is 15.5 Å². The van der Waals surface area contributed by atoms with Crippen LogP contribution in [-0.2, 0) is 15.8 Å². The Bertz CT molecular complexity index is 974. The average Bonchev–Trinajstić information content (AvgIpc) is 3.33. The molecule has 2 N–H and O–H groups in total. The van der Waals surface area contributed by atoms with Crippen molar-refractivity contribution in [2.24, 2.45) is 0 Å². The van der Waals surface area contributed by atoms with E-state index in [-0.39, 0.29) is 24.6 Å². The van der Waals surface area contributed by atoms with Crippen LogP contribution in [0.4, 0.5) is 13.2 Å². The minimum Gasteiger partial charge on any atom is -0.346 e. The maximum atomic E-state index is 13.1. The molecule has 1 saturated heterocycles. The van der Waals surface area contributed by atoms with Gasteiger partial charge in [-0.2, -0.15) is 13.2 Å². The maximum absolute atomic E-state index is 13.1. The topological polar surface area (TPSA) is 78.5 Å². The van der Waals surface area contributed by atoms with E-state index < -0.39 is 29.6 Å². The van der Waals surface area contributed by atoms with Crippen molar-refractivity contribution in [3.63, 3.8) is 0 Å². The van der Waals surface area contributed by atoms with Gasteiger partial charge in [-0.05, 0) is 43.2 Å². The molecule has 1 aliphatic heterocycles. The lowest BCUT2D eigenvalue weighted by Crippen LogP contribution is -2.42. The molecule has 1 aromatic carbocycles. The van der Waals surface area contributed by atoms with Crippen molar-refractivity contribution in [3.8, 4) is 0 Å². The van der Waals surface area contributed by atoms with E-state index in [0.29, 0.717) is 24.3 Å². The molecule has 1 aliphatic rings. The minimum absolute atomic E-state index is 0.0595. The summed E-state index contributed by atoms with van der Waals surface area (Å²) >= 11 is 1.29. The Balaban J connectivity index is 1.71. The van der Waals surface area contributed by atoms with Gasteiger partial charge in [0.1, 0.15) is 0 Å². The highest BCUT2D eigenvalue weighted by molar-refractivity contribution is 7.13. The number of nitrogens with one attached hydrogen (secondary N) is 2. The Hall–Kier alpha value is -2.88. The summed E-state index contributed by atoms with van der Waals surface area (Å²) in [5, 5.41) is 5.17. The molecule has 2 aromatic rings. The fraction of sp³-hybridized carbons (Fsp3) is 0.381. The van der Waals surface area contributed by atoms with Crippen molar-refractivity contribution in [3.05, 3.63) is 57.3 Å². The van der Waals surface area contributed by atoms with E-state index in [0.717, 1.165) is 17.0 Å². The predicted octanol–water partition coefficient (Wildman–Crippen LogP) is 3.29. The van der Waals surface area contributed by atoms with Gasteiger partial charge in [0.15, 0.2) is 0 Å². The number of hydrogen-bond donors (Lipinski definition) is 2. The second-order valence-electron chi connectivity index (χ2n) is 7.28. The molecule has 10 heteroatoms. The molecule has 1 aromatic heterocycles. The average molecular weight is 453 g/mol. The maximum Gasteiger partial charge on any atom is 0.416 e. The summed E-state index contributed by atoms with van der Waals surface area (Å²) in [7, 11) is 0.